The summed E-state index contributed by atoms with van der Waals surface area (Å²) in [5.74, 6) is 0.409. The summed E-state index contributed by atoms with van der Waals surface area (Å²) in [6, 6.07) is 15.4. The lowest BCUT2D eigenvalue weighted by Crippen LogP contribution is -2.32. The molecule has 0 saturated carbocycles. The van der Waals surface area contributed by atoms with E-state index in [-0.39, 0.29) is 11.5 Å². The molecule has 1 aliphatic heterocycles. The van der Waals surface area contributed by atoms with E-state index in [9.17, 15) is 10.1 Å². The van der Waals surface area contributed by atoms with Crippen LogP contribution in [-0.2, 0) is 13.0 Å². The van der Waals surface area contributed by atoms with Gasteiger partial charge in [-0.3, -0.25) is 10.1 Å². The molecule has 0 atom stereocenters. The number of para-hydroxylation sites is 1. The van der Waals surface area contributed by atoms with Crippen molar-refractivity contribution in [2.75, 3.05) is 11.4 Å². The highest BCUT2D eigenvalue weighted by atomic mass is 16.6. The third kappa shape index (κ3) is 2.56. The fraction of sp³-hybridized carbons (Fsp3) is 0.158. The lowest BCUT2D eigenvalue weighted by molar-refractivity contribution is -0.384. The van der Waals surface area contributed by atoms with Crippen molar-refractivity contribution in [1.82, 2.24) is 25.0 Å². The van der Waals surface area contributed by atoms with E-state index in [1.165, 1.54) is 16.6 Å². The van der Waals surface area contributed by atoms with Gasteiger partial charge in [0.1, 0.15) is 11.8 Å². The minimum absolute atomic E-state index is 0.113. The molecule has 0 bridgehead atoms. The molecule has 0 amide bonds. The largest absolute Gasteiger partial charge is 0.355 e. The monoisotopic (exact) mass is 373 g/mol. The van der Waals surface area contributed by atoms with Gasteiger partial charge < -0.3 is 4.90 Å². The number of hydrogen-bond donors (Lipinski definition) is 0. The van der Waals surface area contributed by atoms with Crippen LogP contribution in [0.5, 0.6) is 0 Å². The van der Waals surface area contributed by atoms with Crippen LogP contribution >= 0.6 is 0 Å². The predicted octanol–water partition coefficient (Wildman–Crippen LogP) is 2.68. The first kappa shape index (κ1) is 16.3. The molecule has 0 unspecified atom stereocenters. The van der Waals surface area contributed by atoms with E-state index in [2.05, 4.69) is 26.3 Å². The summed E-state index contributed by atoms with van der Waals surface area (Å²) < 4.78 is 1.40. The molecule has 0 spiro atoms. The average Bonchev–Trinajstić information content (AvgIpc) is 3.17. The number of nitrogens with zero attached hydrogens (tertiary/aromatic N) is 7. The molecule has 28 heavy (non-hydrogen) atoms. The van der Waals surface area contributed by atoms with Gasteiger partial charge in [-0.15, -0.1) is 5.10 Å². The molecule has 0 saturated heterocycles. The second kappa shape index (κ2) is 6.38. The van der Waals surface area contributed by atoms with E-state index in [1.54, 1.807) is 12.1 Å². The van der Waals surface area contributed by atoms with Gasteiger partial charge >= 0.3 is 5.69 Å². The Hall–Kier alpha value is -3.88. The Morgan fingerprint density at radius 1 is 0.964 bits per heavy atom. The van der Waals surface area contributed by atoms with Crippen molar-refractivity contribution in [1.29, 1.82) is 0 Å². The van der Waals surface area contributed by atoms with E-state index in [0.717, 1.165) is 12.0 Å². The average molecular weight is 373 g/mol. The molecule has 9 nitrogen and oxygen atoms in total. The number of hydrogen-bond acceptors (Lipinski definition) is 7. The maximum atomic E-state index is 12.0. The second-order valence-corrected chi connectivity index (χ2v) is 6.56. The van der Waals surface area contributed by atoms with Crippen LogP contribution in [-0.4, -0.2) is 36.4 Å². The molecule has 5 rings (SSSR count). The van der Waals surface area contributed by atoms with E-state index < -0.39 is 4.92 Å². The zero-order valence-corrected chi connectivity index (χ0v) is 14.8. The number of aromatic nitrogens is 5. The summed E-state index contributed by atoms with van der Waals surface area (Å²) in [7, 11) is 0. The van der Waals surface area contributed by atoms with Crippen LogP contribution in [0, 0.1) is 10.1 Å². The molecule has 0 radical (unpaired) electrons. The minimum atomic E-state index is -0.443. The highest BCUT2D eigenvalue weighted by Crippen LogP contribution is 2.34. The van der Waals surface area contributed by atoms with Gasteiger partial charge in [0.2, 0.25) is 11.6 Å². The van der Waals surface area contributed by atoms with Crippen LogP contribution in [0.15, 0.2) is 54.9 Å². The molecule has 2 aromatic carbocycles. The molecule has 4 aromatic rings. The van der Waals surface area contributed by atoms with Gasteiger partial charge in [0, 0.05) is 13.1 Å². The Kier molecular flexibility index (Phi) is 3.71. The van der Waals surface area contributed by atoms with Gasteiger partial charge in [-0.1, -0.05) is 41.6 Å². The molecule has 1 aliphatic rings. The molecule has 2 aromatic heterocycles. The van der Waals surface area contributed by atoms with Crippen LogP contribution in [0.2, 0.25) is 0 Å². The van der Waals surface area contributed by atoms with E-state index in [4.69, 9.17) is 0 Å². The Morgan fingerprint density at radius 3 is 2.57 bits per heavy atom. The lowest BCUT2D eigenvalue weighted by atomic mass is 10.00. The third-order valence-electron chi connectivity index (χ3n) is 4.95. The van der Waals surface area contributed by atoms with Gasteiger partial charge in [-0.2, -0.15) is 4.68 Å². The summed E-state index contributed by atoms with van der Waals surface area (Å²) >= 11 is 0. The van der Waals surface area contributed by atoms with Crippen molar-refractivity contribution < 1.29 is 4.92 Å². The third-order valence-corrected chi connectivity index (χ3v) is 4.95. The smallest absolute Gasteiger partial charge is 0.346 e. The van der Waals surface area contributed by atoms with Crippen LogP contribution < -0.4 is 4.90 Å². The van der Waals surface area contributed by atoms with E-state index in [1.807, 2.05) is 35.2 Å². The number of benzene rings is 2. The predicted molar refractivity (Wildman–Crippen MR) is 102 cm³/mol. The molecule has 0 N–H and O–H groups in total. The van der Waals surface area contributed by atoms with Crippen LogP contribution in [0.4, 0.5) is 11.5 Å². The van der Waals surface area contributed by atoms with Crippen molar-refractivity contribution in [2.24, 2.45) is 0 Å². The molecule has 138 valence electrons. The van der Waals surface area contributed by atoms with Gasteiger partial charge in [0.05, 0.1) is 10.4 Å². The molecular formula is C19H15N7O2. The minimum Gasteiger partial charge on any atom is -0.346 e. The quantitative estimate of drug-likeness (QED) is 0.402. The maximum absolute atomic E-state index is 12.0. The summed E-state index contributed by atoms with van der Waals surface area (Å²) in [6.07, 6.45) is 2.15. The van der Waals surface area contributed by atoms with E-state index >= 15 is 0 Å². The van der Waals surface area contributed by atoms with Gasteiger partial charge in [0.15, 0.2) is 0 Å². The molecule has 3 heterocycles. The SMILES string of the molecule is O=[N+]([O-])c1c(N2CCc3ccccc3C2)ncnc1-n1nnc2ccccc21. The van der Waals surface area contributed by atoms with Crippen LogP contribution in [0.1, 0.15) is 11.1 Å². The number of nitro groups is 1. The first-order valence-corrected chi connectivity index (χ1v) is 8.84. The number of rotatable bonds is 3. The lowest BCUT2D eigenvalue weighted by Gasteiger charge is -2.29. The first-order valence-electron chi connectivity index (χ1n) is 8.84. The van der Waals surface area contributed by atoms with E-state index in [0.29, 0.717) is 29.9 Å². The van der Waals surface area contributed by atoms with Crippen molar-refractivity contribution in [3.63, 3.8) is 0 Å². The Bertz CT molecular complexity index is 1200. The Labute approximate surface area is 159 Å². The van der Waals surface area contributed by atoms with Crippen molar-refractivity contribution >= 4 is 22.5 Å². The summed E-state index contributed by atoms with van der Waals surface area (Å²) in [5, 5.41) is 20.2. The molecule has 9 heteroatoms. The van der Waals surface area contributed by atoms with Crippen molar-refractivity contribution in [3.8, 4) is 5.82 Å². The topological polar surface area (TPSA) is 103 Å². The number of fused-ring (bicyclic) bond motifs is 2. The maximum Gasteiger partial charge on any atom is 0.355 e. The fourth-order valence-corrected chi connectivity index (χ4v) is 3.61. The zero-order valence-electron chi connectivity index (χ0n) is 14.8. The van der Waals surface area contributed by atoms with Gasteiger partial charge in [-0.25, -0.2) is 9.97 Å². The highest BCUT2D eigenvalue weighted by Gasteiger charge is 2.31. The van der Waals surface area contributed by atoms with Crippen LogP contribution in [0.3, 0.4) is 0 Å². The molecule has 0 aliphatic carbocycles. The van der Waals surface area contributed by atoms with Crippen molar-refractivity contribution in [2.45, 2.75) is 13.0 Å². The second-order valence-electron chi connectivity index (χ2n) is 6.56. The van der Waals surface area contributed by atoms with Crippen LogP contribution in [0.25, 0.3) is 16.9 Å². The Balaban J connectivity index is 1.65. The highest BCUT2D eigenvalue weighted by molar-refractivity contribution is 5.78. The molecular weight excluding hydrogens is 358 g/mol. The summed E-state index contributed by atoms with van der Waals surface area (Å²) in [6.45, 7) is 1.21. The Morgan fingerprint density at radius 2 is 1.71 bits per heavy atom. The van der Waals surface area contributed by atoms with Gasteiger partial charge in [0.25, 0.3) is 0 Å². The van der Waals surface area contributed by atoms with Crippen molar-refractivity contribution in [3.05, 3.63) is 76.1 Å². The zero-order chi connectivity index (χ0) is 19.1. The normalized spacial score (nSPS) is 13.5. The van der Waals surface area contributed by atoms with Gasteiger partial charge in [-0.05, 0) is 29.7 Å². The molecule has 0 fully saturated rings. The first-order chi connectivity index (χ1) is 13.7. The summed E-state index contributed by atoms with van der Waals surface area (Å²) in [4.78, 5) is 21.9. The summed E-state index contributed by atoms with van der Waals surface area (Å²) in [5.41, 5.74) is 3.54. The number of anilines is 1. The standard InChI is InChI=1S/C19H15N7O2/c27-26(28)17-18(24-10-9-13-5-1-2-6-14(13)11-24)20-12-21-19(17)25-16-8-4-3-7-15(16)22-23-25/h1-8,12H,9-11H2. The fourth-order valence-electron chi connectivity index (χ4n) is 3.61.